The van der Waals surface area contributed by atoms with Crippen molar-refractivity contribution in [3.63, 3.8) is 0 Å². The molecule has 0 saturated carbocycles. The molecule has 7 nitrogen and oxygen atoms in total. The van der Waals surface area contributed by atoms with Gasteiger partial charge in [-0.3, -0.25) is 14.9 Å². The number of nitro groups is 1. The number of non-ortho nitro benzene ring substituents is 1. The van der Waals surface area contributed by atoms with Gasteiger partial charge in [-0.15, -0.1) is 0 Å². The summed E-state index contributed by atoms with van der Waals surface area (Å²) in [6, 6.07) is 6.08. The minimum Gasteiger partial charge on any atom is -0.317 e. The lowest BCUT2D eigenvalue weighted by atomic mass is 10.1. The zero-order valence-electron chi connectivity index (χ0n) is 9.61. The molecule has 7 heteroatoms. The number of imidazole rings is 1. The lowest BCUT2D eigenvalue weighted by Crippen LogP contribution is -2.11. The number of nitrogens with zero attached hydrogens (tertiary/aromatic N) is 3. The van der Waals surface area contributed by atoms with Crippen LogP contribution in [-0.2, 0) is 0 Å². The van der Waals surface area contributed by atoms with Crippen LogP contribution in [0.2, 0.25) is 0 Å². The Bertz CT molecular complexity index is 834. The van der Waals surface area contributed by atoms with Crippen molar-refractivity contribution >= 4 is 11.3 Å². The van der Waals surface area contributed by atoms with Crippen molar-refractivity contribution in [3.05, 3.63) is 63.3 Å². The van der Waals surface area contributed by atoms with Gasteiger partial charge in [0.15, 0.2) is 0 Å². The lowest BCUT2D eigenvalue weighted by Gasteiger charge is -2.02. The predicted molar refractivity (Wildman–Crippen MR) is 67.9 cm³/mol. The maximum Gasteiger partial charge on any atom is 0.292 e. The Morgan fingerprint density at radius 1 is 1.37 bits per heavy atom. The van der Waals surface area contributed by atoms with E-state index in [9.17, 15) is 14.9 Å². The largest absolute Gasteiger partial charge is 0.317 e. The molecule has 2 heterocycles. The van der Waals surface area contributed by atoms with Gasteiger partial charge in [0.1, 0.15) is 0 Å². The maximum atomic E-state index is 11.8. The molecule has 0 fully saturated rings. The van der Waals surface area contributed by atoms with E-state index in [1.54, 1.807) is 28.9 Å². The van der Waals surface area contributed by atoms with Crippen LogP contribution in [0.15, 0.2) is 47.7 Å². The quantitative estimate of drug-likeness (QED) is 0.556. The highest BCUT2D eigenvalue weighted by molar-refractivity contribution is 5.62. The van der Waals surface area contributed by atoms with Gasteiger partial charge < -0.3 is 9.38 Å². The first-order valence-electron chi connectivity index (χ1n) is 5.46. The summed E-state index contributed by atoms with van der Waals surface area (Å²) >= 11 is 0. The zero-order valence-corrected chi connectivity index (χ0v) is 9.61. The maximum absolute atomic E-state index is 11.8. The van der Waals surface area contributed by atoms with Gasteiger partial charge in [-0.25, -0.2) is 4.98 Å². The first kappa shape index (κ1) is 11.1. The second kappa shape index (κ2) is 4.05. The number of hydrogen-bond acceptors (Lipinski definition) is 4. The van der Waals surface area contributed by atoms with Gasteiger partial charge >= 0.3 is 0 Å². The SMILES string of the molecule is O=c1[nH]c(-c2cccc([N+](=O)[O-])c2)cn2ccnc12. The molecule has 0 radical (unpaired) electrons. The van der Waals surface area contributed by atoms with E-state index in [4.69, 9.17) is 0 Å². The molecule has 0 saturated heterocycles. The van der Waals surface area contributed by atoms with Crippen LogP contribution in [0.4, 0.5) is 5.69 Å². The van der Waals surface area contributed by atoms with Gasteiger partial charge in [-0.1, -0.05) is 12.1 Å². The van der Waals surface area contributed by atoms with E-state index in [0.717, 1.165) is 0 Å². The van der Waals surface area contributed by atoms with Crippen LogP contribution in [0.25, 0.3) is 16.9 Å². The predicted octanol–water partition coefficient (Wildman–Crippen LogP) is 1.60. The molecule has 0 aliphatic rings. The number of fused-ring (bicyclic) bond motifs is 1. The second-order valence-corrected chi connectivity index (χ2v) is 3.96. The van der Waals surface area contributed by atoms with Crippen molar-refractivity contribution in [1.82, 2.24) is 14.4 Å². The van der Waals surface area contributed by atoms with Crippen molar-refractivity contribution in [2.24, 2.45) is 0 Å². The molecule has 1 aromatic carbocycles. The molecule has 3 rings (SSSR count). The number of rotatable bonds is 2. The lowest BCUT2D eigenvalue weighted by molar-refractivity contribution is -0.384. The Morgan fingerprint density at radius 3 is 3.00 bits per heavy atom. The highest BCUT2D eigenvalue weighted by Crippen LogP contribution is 2.21. The van der Waals surface area contributed by atoms with E-state index < -0.39 is 4.92 Å². The summed E-state index contributed by atoms with van der Waals surface area (Å²) in [7, 11) is 0. The number of nitro benzene ring substituents is 1. The molecule has 19 heavy (non-hydrogen) atoms. The molecule has 94 valence electrons. The Morgan fingerprint density at radius 2 is 2.21 bits per heavy atom. The highest BCUT2D eigenvalue weighted by atomic mass is 16.6. The topological polar surface area (TPSA) is 93.3 Å². The first-order valence-corrected chi connectivity index (χ1v) is 5.46. The smallest absolute Gasteiger partial charge is 0.292 e. The fraction of sp³-hybridized carbons (Fsp3) is 0. The fourth-order valence-electron chi connectivity index (χ4n) is 1.88. The number of nitrogens with one attached hydrogen (secondary N) is 1. The van der Waals surface area contributed by atoms with Gasteiger partial charge in [0.2, 0.25) is 5.65 Å². The van der Waals surface area contributed by atoms with Gasteiger partial charge in [-0.05, 0) is 0 Å². The van der Waals surface area contributed by atoms with Crippen molar-refractivity contribution in [2.45, 2.75) is 0 Å². The molecule has 0 amide bonds. The van der Waals surface area contributed by atoms with E-state index in [0.29, 0.717) is 11.3 Å². The molecular weight excluding hydrogens is 248 g/mol. The number of H-pyrrole nitrogens is 1. The van der Waals surface area contributed by atoms with Gasteiger partial charge in [0.05, 0.1) is 10.6 Å². The third kappa shape index (κ3) is 1.86. The van der Waals surface area contributed by atoms with Crippen LogP contribution >= 0.6 is 0 Å². The van der Waals surface area contributed by atoms with E-state index in [2.05, 4.69) is 9.97 Å². The molecular formula is C12H8N4O3. The summed E-state index contributed by atoms with van der Waals surface area (Å²) in [4.78, 5) is 28.6. The third-order valence-corrected chi connectivity index (χ3v) is 2.76. The minimum absolute atomic E-state index is 0.0240. The molecule has 0 aliphatic heterocycles. The van der Waals surface area contributed by atoms with Crippen LogP contribution < -0.4 is 5.56 Å². The van der Waals surface area contributed by atoms with Crippen molar-refractivity contribution in [1.29, 1.82) is 0 Å². The molecule has 0 bridgehead atoms. The fourth-order valence-corrected chi connectivity index (χ4v) is 1.88. The van der Waals surface area contributed by atoms with Crippen molar-refractivity contribution in [3.8, 4) is 11.3 Å². The van der Waals surface area contributed by atoms with Crippen molar-refractivity contribution in [2.75, 3.05) is 0 Å². The number of hydrogen-bond donors (Lipinski definition) is 1. The second-order valence-electron chi connectivity index (χ2n) is 3.96. The van der Waals surface area contributed by atoms with Gasteiger partial charge in [-0.2, -0.15) is 0 Å². The molecule has 0 atom stereocenters. The summed E-state index contributed by atoms with van der Waals surface area (Å²) in [5.41, 5.74) is 0.994. The highest BCUT2D eigenvalue weighted by Gasteiger charge is 2.09. The number of aromatic nitrogens is 3. The monoisotopic (exact) mass is 256 g/mol. The van der Waals surface area contributed by atoms with Crippen LogP contribution in [0.1, 0.15) is 0 Å². The van der Waals surface area contributed by atoms with Crippen molar-refractivity contribution < 1.29 is 4.92 Å². The Balaban J connectivity index is 2.21. The Labute approximate surface area is 106 Å². The molecule has 2 aromatic heterocycles. The summed E-state index contributed by atoms with van der Waals surface area (Å²) in [5, 5.41) is 10.7. The van der Waals surface area contributed by atoms with Gasteiger partial charge in [0, 0.05) is 36.3 Å². The van der Waals surface area contributed by atoms with E-state index in [1.807, 2.05) is 0 Å². The minimum atomic E-state index is -0.475. The molecule has 3 aromatic rings. The third-order valence-electron chi connectivity index (χ3n) is 2.76. The Kier molecular flexibility index (Phi) is 2.38. The van der Waals surface area contributed by atoms with E-state index >= 15 is 0 Å². The normalized spacial score (nSPS) is 10.7. The number of aromatic amines is 1. The van der Waals surface area contributed by atoms with Gasteiger partial charge in [0.25, 0.3) is 11.2 Å². The molecule has 0 aliphatic carbocycles. The average Bonchev–Trinajstić information content (AvgIpc) is 2.87. The summed E-state index contributed by atoms with van der Waals surface area (Å²) in [6.07, 6.45) is 4.83. The molecule has 1 N–H and O–H groups in total. The van der Waals surface area contributed by atoms with Crippen LogP contribution in [0, 0.1) is 10.1 Å². The van der Waals surface area contributed by atoms with Crippen LogP contribution in [-0.4, -0.2) is 19.3 Å². The van der Waals surface area contributed by atoms with E-state index in [1.165, 1.54) is 18.3 Å². The van der Waals surface area contributed by atoms with E-state index in [-0.39, 0.29) is 16.9 Å². The zero-order chi connectivity index (χ0) is 13.4. The Hall–Kier alpha value is -2.96. The van der Waals surface area contributed by atoms with Crippen LogP contribution in [0.3, 0.4) is 0 Å². The summed E-state index contributed by atoms with van der Waals surface area (Å²) in [5.74, 6) is 0. The summed E-state index contributed by atoms with van der Waals surface area (Å²) < 4.78 is 1.58. The van der Waals surface area contributed by atoms with Crippen LogP contribution in [0.5, 0.6) is 0 Å². The first-order chi connectivity index (χ1) is 9.15. The summed E-state index contributed by atoms with van der Waals surface area (Å²) in [6.45, 7) is 0. The average molecular weight is 256 g/mol. The molecule has 0 unspecified atom stereocenters. The number of benzene rings is 1. The standard InChI is InChI=1S/C12H8N4O3/c17-12-11-13-4-5-15(11)7-10(14-12)8-2-1-3-9(6-8)16(18)19/h1-7H,(H,14,17). The molecule has 0 spiro atoms.